The Morgan fingerprint density at radius 1 is 0.958 bits per heavy atom. The van der Waals surface area contributed by atoms with Crippen molar-refractivity contribution in [3.63, 3.8) is 0 Å². The van der Waals surface area contributed by atoms with Crippen molar-refractivity contribution in [1.29, 1.82) is 0 Å². The van der Waals surface area contributed by atoms with E-state index >= 15 is 0 Å². The first-order valence-corrected chi connectivity index (χ1v) is 8.34. The van der Waals surface area contributed by atoms with Crippen LogP contribution in [0.25, 0.3) is 11.5 Å². The molecule has 0 amide bonds. The van der Waals surface area contributed by atoms with E-state index in [0.717, 1.165) is 11.3 Å². The van der Waals surface area contributed by atoms with Gasteiger partial charge < -0.3 is 13.4 Å². The Balaban J connectivity index is 1.36. The van der Waals surface area contributed by atoms with Crippen LogP contribution in [0.15, 0.2) is 73.4 Å². The lowest BCUT2D eigenvalue weighted by atomic mass is 10.2. The average molecular weight is 339 g/mol. The first kappa shape index (κ1) is 14.8. The van der Waals surface area contributed by atoms with E-state index in [-0.39, 0.29) is 0 Å². The average Bonchev–Trinajstić information content (AvgIpc) is 3.35. The van der Waals surface area contributed by atoms with Crippen LogP contribution < -0.4 is 0 Å². The van der Waals surface area contributed by atoms with Gasteiger partial charge in [0, 0.05) is 11.8 Å². The highest BCUT2D eigenvalue weighted by Gasteiger charge is 2.12. The molecule has 6 nitrogen and oxygen atoms in total. The summed E-state index contributed by atoms with van der Waals surface area (Å²) in [6.07, 6.45) is 2.22. The lowest BCUT2D eigenvalue weighted by Crippen LogP contribution is -1.87. The summed E-state index contributed by atoms with van der Waals surface area (Å²) in [6.45, 7) is 0. The van der Waals surface area contributed by atoms with Crippen LogP contribution in [0.1, 0.15) is 17.1 Å². The summed E-state index contributed by atoms with van der Waals surface area (Å²) in [5.74, 6) is 2.43. The number of hydrogen-bond donors (Lipinski definition) is 0. The van der Waals surface area contributed by atoms with Crippen molar-refractivity contribution < 1.29 is 13.4 Å². The molecular weight excluding hydrogens is 326 g/mol. The van der Waals surface area contributed by atoms with Gasteiger partial charge in [-0.1, -0.05) is 47.3 Å². The topological polar surface area (TPSA) is 78.1 Å². The molecule has 3 heterocycles. The fourth-order valence-electron chi connectivity index (χ4n) is 2.19. The Kier molecular flexibility index (Phi) is 4.16. The molecule has 0 bridgehead atoms. The molecule has 0 N–H and O–H groups in total. The molecule has 4 aromatic rings. The van der Waals surface area contributed by atoms with E-state index in [1.165, 1.54) is 11.8 Å². The molecule has 0 aliphatic carbocycles. The first-order chi connectivity index (χ1) is 11.9. The normalized spacial score (nSPS) is 11.0. The molecule has 0 saturated heterocycles. The molecule has 1 aromatic carbocycles. The van der Waals surface area contributed by atoms with Crippen LogP contribution in [-0.2, 0) is 12.2 Å². The predicted molar refractivity (Wildman–Crippen MR) is 87.3 cm³/mol. The summed E-state index contributed by atoms with van der Waals surface area (Å²) in [5.41, 5.74) is 1.92. The van der Waals surface area contributed by atoms with Crippen LogP contribution >= 0.6 is 11.8 Å². The standard InChI is InChI=1S/C17H13N3O3S/c1-2-5-12(6-3-1)9-16-18-19-17(22-16)24-11-13-10-15(23-20-13)14-7-4-8-21-14/h1-8,10H,9,11H2. The number of aromatic nitrogens is 3. The van der Waals surface area contributed by atoms with Gasteiger partial charge in [-0.3, -0.25) is 0 Å². The molecule has 120 valence electrons. The molecule has 0 atom stereocenters. The van der Waals surface area contributed by atoms with Gasteiger partial charge in [0.2, 0.25) is 11.7 Å². The number of nitrogens with zero attached hydrogens (tertiary/aromatic N) is 3. The van der Waals surface area contributed by atoms with Crippen LogP contribution in [0.5, 0.6) is 0 Å². The Labute approximate surface area is 141 Å². The van der Waals surface area contributed by atoms with Crippen molar-refractivity contribution in [2.24, 2.45) is 0 Å². The van der Waals surface area contributed by atoms with Gasteiger partial charge in [-0.2, -0.15) is 0 Å². The molecule has 0 spiro atoms. The van der Waals surface area contributed by atoms with Crippen LogP contribution in [0, 0.1) is 0 Å². The molecule has 7 heteroatoms. The summed E-state index contributed by atoms with van der Waals surface area (Å²) >= 11 is 1.42. The lowest BCUT2D eigenvalue weighted by molar-refractivity contribution is 0.412. The Morgan fingerprint density at radius 3 is 2.71 bits per heavy atom. The zero-order valence-electron chi connectivity index (χ0n) is 12.6. The van der Waals surface area contributed by atoms with Crippen LogP contribution in [0.4, 0.5) is 0 Å². The first-order valence-electron chi connectivity index (χ1n) is 7.35. The molecule has 0 aliphatic heterocycles. The zero-order chi connectivity index (χ0) is 16.2. The highest BCUT2D eigenvalue weighted by atomic mass is 32.2. The van der Waals surface area contributed by atoms with Crippen LogP contribution in [0.3, 0.4) is 0 Å². The van der Waals surface area contributed by atoms with E-state index in [9.17, 15) is 0 Å². The van der Waals surface area contributed by atoms with Crippen LogP contribution in [-0.4, -0.2) is 15.4 Å². The molecule has 4 rings (SSSR count). The minimum absolute atomic E-state index is 0.517. The zero-order valence-corrected chi connectivity index (χ0v) is 13.4. The second-order valence-electron chi connectivity index (χ2n) is 5.07. The summed E-state index contributed by atoms with van der Waals surface area (Å²) in [6, 6.07) is 15.5. The third-order valence-electron chi connectivity index (χ3n) is 3.31. The number of thioether (sulfide) groups is 1. The Bertz CT molecular complexity index is 900. The number of rotatable bonds is 6. The van der Waals surface area contributed by atoms with Crippen molar-refractivity contribution >= 4 is 11.8 Å². The second kappa shape index (κ2) is 6.76. The largest absolute Gasteiger partial charge is 0.461 e. The van der Waals surface area contributed by atoms with Crippen molar-refractivity contribution in [3.8, 4) is 11.5 Å². The van der Waals surface area contributed by atoms with Crippen molar-refractivity contribution in [2.45, 2.75) is 17.4 Å². The maximum absolute atomic E-state index is 5.65. The highest BCUT2D eigenvalue weighted by molar-refractivity contribution is 7.98. The van der Waals surface area contributed by atoms with E-state index < -0.39 is 0 Å². The van der Waals surface area contributed by atoms with Crippen LogP contribution in [0.2, 0.25) is 0 Å². The summed E-state index contributed by atoms with van der Waals surface area (Å²) in [5, 5.41) is 12.7. The quantitative estimate of drug-likeness (QED) is 0.487. The minimum Gasteiger partial charge on any atom is -0.461 e. The van der Waals surface area contributed by atoms with Gasteiger partial charge >= 0.3 is 0 Å². The number of furan rings is 1. The van der Waals surface area contributed by atoms with E-state index in [0.29, 0.717) is 34.8 Å². The van der Waals surface area contributed by atoms with E-state index in [4.69, 9.17) is 13.4 Å². The van der Waals surface area contributed by atoms with E-state index in [1.54, 1.807) is 12.3 Å². The molecule has 0 unspecified atom stereocenters. The molecular formula is C17H13N3O3S. The van der Waals surface area contributed by atoms with Gasteiger partial charge in [0.15, 0.2) is 5.76 Å². The molecule has 0 aliphatic rings. The summed E-state index contributed by atoms with van der Waals surface area (Å²) in [4.78, 5) is 0. The van der Waals surface area contributed by atoms with Crippen molar-refractivity contribution in [1.82, 2.24) is 15.4 Å². The van der Waals surface area contributed by atoms with Gasteiger partial charge in [0.1, 0.15) is 0 Å². The van der Waals surface area contributed by atoms with Gasteiger partial charge in [0.25, 0.3) is 5.22 Å². The third-order valence-corrected chi connectivity index (χ3v) is 4.17. The third kappa shape index (κ3) is 3.41. The minimum atomic E-state index is 0.517. The van der Waals surface area contributed by atoms with Gasteiger partial charge in [-0.05, 0) is 17.7 Å². The fourth-order valence-corrected chi connectivity index (χ4v) is 2.85. The monoisotopic (exact) mass is 339 g/mol. The van der Waals surface area contributed by atoms with E-state index in [1.807, 2.05) is 42.5 Å². The number of benzene rings is 1. The summed E-state index contributed by atoms with van der Waals surface area (Å²) < 4.78 is 16.2. The molecule has 3 aromatic heterocycles. The lowest BCUT2D eigenvalue weighted by Gasteiger charge is -1.95. The second-order valence-corrected chi connectivity index (χ2v) is 6.00. The van der Waals surface area contributed by atoms with E-state index in [2.05, 4.69) is 15.4 Å². The molecule has 0 fully saturated rings. The van der Waals surface area contributed by atoms with Gasteiger partial charge in [-0.25, -0.2) is 0 Å². The van der Waals surface area contributed by atoms with Gasteiger partial charge in [-0.15, -0.1) is 10.2 Å². The van der Waals surface area contributed by atoms with Crippen molar-refractivity contribution in [2.75, 3.05) is 0 Å². The fraction of sp³-hybridized carbons (Fsp3) is 0.118. The Hall–Kier alpha value is -2.80. The Morgan fingerprint density at radius 2 is 1.88 bits per heavy atom. The maximum atomic E-state index is 5.65. The number of hydrogen-bond acceptors (Lipinski definition) is 7. The van der Waals surface area contributed by atoms with Crippen molar-refractivity contribution in [3.05, 3.63) is 71.9 Å². The molecule has 0 saturated carbocycles. The molecule has 0 radical (unpaired) electrons. The highest BCUT2D eigenvalue weighted by Crippen LogP contribution is 2.25. The predicted octanol–water partition coefficient (Wildman–Crippen LogP) is 4.20. The SMILES string of the molecule is c1ccc(Cc2nnc(SCc3cc(-c4ccco4)on3)o2)cc1. The van der Waals surface area contributed by atoms with Gasteiger partial charge in [0.05, 0.1) is 18.4 Å². The molecule has 24 heavy (non-hydrogen) atoms. The summed E-state index contributed by atoms with van der Waals surface area (Å²) in [7, 11) is 0. The smallest absolute Gasteiger partial charge is 0.276 e. The maximum Gasteiger partial charge on any atom is 0.276 e.